The monoisotopic (exact) mass is 361 g/mol. The van der Waals surface area contributed by atoms with Crippen LogP contribution in [0.25, 0.3) is 5.13 Å². The van der Waals surface area contributed by atoms with Gasteiger partial charge < -0.3 is 4.52 Å². The van der Waals surface area contributed by atoms with E-state index < -0.39 is 0 Å². The van der Waals surface area contributed by atoms with E-state index in [4.69, 9.17) is 4.52 Å². The molecule has 0 aliphatic heterocycles. The van der Waals surface area contributed by atoms with Crippen LogP contribution in [0.2, 0.25) is 0 Å². The van der Waals surface area contributed by atoms with Crippen LogP contribution < -0.4 is 0 Å². The molecule has 126 valence electrons. The Labute approximate surface area is 149 Å². The molecule has 5 nitrogen and oxygen atoms in total. The summed E-state index contributed by atoms with van der Waals surface area (Å²) in [5, 5.41) is 6.78. The first-order valence-corrected chi connectivity index (χ1v) is 9.64. The van der Waals surface area contributed by atoms with E-state index >= 15 is 0 Å². The summed E-state index contributed by atoms with van der Waals surface area (Å²) in [7, 11) is 0. The number of rotatable bonds is 6. The predicted molar refractivity (Wildman–Crippen MR) is 97.4 cm³/mol. The maximum atomic E-state index is 12.6. The second-order valence-corrected chi connectivity index (χ2v) is 7.51. The third-order valence-electron chi connectivity index (χ3n) is 4.00. The van der Waals surface area contributed by atoms with E-state index in [9.17, 15) is 4.79 Å². The standard InChI is InChI=1S/C17H19N3O2S2/c1-10-7-14(12(3)20(10)17-18-5-6-24-17)16(21)9-23-8-15-11(2)19-22-13(15)4/h5-7H,8-9H2,1-4H3. The highest BCUT2D eigenvalue weighted by Gasteiger charge is 2.18. The van der Waals surface area contributed by atoms with E-state index in [-0.39, 0.29) is 5.78 Å². The lowest BCUT2D eigenvalue weighted by atomic mass is 10.2. The number of Topliss-reactive ketones (excluding diaryl/α,β-unsaturated/α-hetero) is 1. The van der Waals surface area contributed by atoms with Crippen molar-refractivity contribution in [3.63, 3.8) is 0 Å². The summed E-state index contributed by atoms with van der Waals surface area (Å²) >= 11 is 3.16. The van der Waals surface area contributed by atoms with Crippen LogP contribution in [0.4, 0.5) is 0 Å². The number of aromatic nitrogens is 3. The molecule has 0 N–H and O–H groups in total. The summed E-state index contributed by atoms with van der Waals surface area (Å²) < 4.78 is 7.20. The molecule has 3 aromatic rings. The fraction of sp³-hybridized carbons (Fsp3) is 0.353. The van der Waals surface area contributed by atoms with Crippen LogP contribution in [0.15, 0.2) is 22.2 Å². The van der Waals surface area contributed by atoms with E-state index in [1.54, 1.807) is 29.3 Å². The Kier molecular flexibility index (Phi) is 4.91. The van der Waals surface area contributed by atoms with Crippen molar-refractivity contribution in [2.24, 2.45) is 0 Å². The second-order valence-electron chi connectivity index (χ2n) is 5.65. The van der Waals surface area contributed by atoms with E-state index in [0.717, 1.165) is 44.9 Å². The zero-order valence-electron chi connectivity index (χ0n) is 14.1. The van der Waals surface area contributed by atoms with Crippen molar-refractivity contribution >= 4 is 28.9 Å². The summed E-state index contributed by atoms with van der Waals surface area (Å²) in [5.74, 6) is 2.14. The number of hydrogen-bond acceptors (Lipinski definition) is 6. The molecule has 0 saturated carbocycles. The third-order valence-corrected chi connectivity index (χ3v) is 5.72. The smallest absolute Gasteiger partial charge is 0.193 e. The van der Waals surface area contributed by atoms with Gasteiger partial charge >= 0.3 is 0 Å². The Morgan fingerprint density at radius 1 is 1.33 bits per heavy atom. The highest BCUT2D eigenvalue weighted by molar-refractivity contribution is 7.99. The van der Waals surface area contributed by atoms with Crippen LogP contribution in [0.3, 0.4) is 0 Å². The van der Waals surface area contributed by atoms with Crippen LogP contribution in [0.1, 0.15) is 38.8 Å². The molecule has 7 heteroatoms. The zero-order valence-corrected chi connectivity index (χ0v) is 15.8. The first kappa shape index (κ1) is 17.0. The number of carbonyl (C=O) groups is 1. The molecular weight excluding hydrogens is 342 g/mol. The number of ketones is 1. The highest BCUT2D eigenvalue weighted by Crippen LogP contribution is 2.25. The summed E-state index contributed by atoms with van der Waals surface area (Å²) in [6.07, 6.45) is 1.78. The average Bonchev–Trinajstić information content (AvgIpc) is 3.23. The number of thiazole rings is 1. The van der Waals surface area contributed by atoms with Gasteiger partial charge in [-0.25, -0.2) is 4.98 Å². The molecule has 0 aromatic carbocycles. The summed E-state index contributed by atoms with van der Waals surface area (Å²) in [4.78, 5) is 17.0. The largest absolute Gasteiger partial charge is 0.361 e. The Hall–Kier alpha value is -1.86. The molecule has 0 spiro atoms. The van der Waals surface area contributed by atoms with Gasteiger partial charge in [-0.05, 0) is 33.8 Å². The summed E-state index contributed by atoms with van der Waals surface area (Å²) in [5.41, 5.74) is 4.73. The minimum atomic E-state index is 0.141. The maximum absolute atomic E-state index is 12.6. The topological polar surface area (TPSA) is 60.9 Å². The van der Waals surface area contributed by atoms with Gasteiger partial charge in [0.2, 0.25) is 0 Å². The van der Waals surface area contributed by atoms with Crippen molar-refractivity contribution < 1.29 is 9.32 Å². The van der Waals surface area contributed by atoms with Gasteiger partial charge in [0.25, 0.3) is 0 Å². The minimum Gasteiger partial charge on any atom is -0.361 e. The van der Waals surface area contributed by atoms with Gasteiger partial charge in [-0.2, -0.15) is 0 Å². The fourth-order valence-electron chi connectivity index (χ4n) is 2.70. The molecule has 0 aliphatic rings. The van der Waals surface area contributed by atoms with Gasteiger partial charge in [0.15, 0.2) is 10.9 Å². The van der Waals surface area contributed by atoms with Crippen molar-refractivity contribution in [1.29, 1.82) is 0 Å². The Balaban J connectivity index is 1.71. The van der Waals surface area contributed by atoms with E-state index in [1.165, 1.54) is 0 Å². The second kappa shape index (κ2) is 6.94. The predicted octanol–water partition coefficient (Wildman–Crippen LogP) is 4.27. The lowest BCUT2D eigenvalue weighted by Gasteiger charge is -2.05. The Morgan fingerprint density at radius 2 is 2.12 bits per heavy atom. The molecular formula is C17H19N3O2S2. The van der Waals surface area contributed by atoms with Gasteiger partial charge in [-0.1, -0.05) is 5.16 Å². The molecule has 0 unspecified atom stereocenters. The SMILES string of the molecule is Cc1noc(C)c1CSCC(=O)c1cc(C)n(-c2nccs2)c1C. The van der Waals surface area contributed by atoms with E-state index in [0.29, 0.717) is 5.75 Å². The molecule has 0 radical (unpaired) electrons. The average molecular weight is 361 g/mol. The van der Waals surface area contributed by atoms with Crippen LogP contribution in [0, 0.1) is 27.7 Å². The molecule has 0 saturated heterocycles. The molecule has 0 atom stereocenters. The lowest BCUT2D eigenvalue weighted by Crippen LogP contribution is -2.05. The van der Waals surface area contributed by atoms with Crippen molar-refractivity contribution in [3.8, 4) is 5.13 Å². The highest BCUT2D eigenvalue weighted by atomic mass is 32.2. The van der Waals surface area contributed by atoms with E-state index in [1.807, 2.05) is 43.7 Å². The third kappa shape index (κ3) is 3.18. The van der Waals surface area contributed by atoms with Gasteiger partial charge in [0.05, 0.1) is 11.4 Å². The Bertz CT molecular complexity index is 843. The molecule has 0 aliphatic carbocycles. The van der Waals surface area contributed by atoms with Crippen LogP contribution >= 0.6 is 23.1 Å². The Morgan fingerprint density at radius 3 is 2.75 bits per heavy atom. The number of hydrogen-bond donors (Lipinski definition) is 0. The van der Waals surface area contributed by atoms with Gasteiger partial charge in [-0.3, -0.25) is 9.36 Å². The maximum Gasteiger partial charge on any atom is 0.193 e. The fourth-order valence-corrected chi connectivity index (χ4v) is 4.51. The molecule has 24 heavy (non-hydrogen) atoms. The number of nitrogens with zero attached hydrogens (tertiary/aromatic N) is 3. The molecule has 0 fully saturated rings. The quantitative estimate of drug-likeness (QED) is 0.614. The molecule has 0 bridgehead atoms. The van der Waals surface area contributed by atoms with E-state index in [2.05, 4.69) is 10.1 Å². The number of thioether (sulfide) groups is 1. The first-order valence-electron chi connectivity index (χ1n) is 7.60. The molecule has 3 heterocycles. The van der Waals surface area contributed by atoms with Crippen LogP contribution in [0.5, 0.6) is 0 Å². The summed E-state index contributed by atoms with van der Waals surface area (Å²) in [6, 6.07) is 1.95. The van der Waals surface area contributed by atoms with Gasteiger partial charge in [0.1, 0.15) is 5.76 Å². The van der Waals surface area contributed by atoms with Crippen LogP contribution in [-0.4, -0.2) is 26.2 Å². The zero-order chi connectivity index (χ0) is 17.3. The van der Waals surface area contributed by atoms with Crippen molar-refractivity contribution in [2.45, 2.75) is 33.4 Å². The van der Waals surface area contributed by atoms with Gasteiger partial charge in [-0.15, -0.1) is 23.1 Å². The first-order chi connectivity index (χ1) is 11.5. The molecule has 0 amide bonds. The molecule has 3 aromatic heterocycles. The van der Waals surface area contributed by atoms with Crippen molar-refractivity contribution in [3.05, 3.63) is 51.6 Å². The van der Waals surface area contributed by atoms with Crippen molar-refractivity contribution in [1.82, 2.24) is 14.7 Å². The minimum absolute atomic E-state index is 0.141. The van der Waals surface area contributed by atoms with Crippen molar-refractivity contribution in [2.75, 3.05) is 5.75 Å². The molecule has 3 rings (SSSR count). The van der Waals surface area contributed by atoms with Crippen LogP contribution in [-0.2, 0) is 5.75 Å². The number of aryl methyl sites for hydroxylation is 3. The lowest BCUT2D eigenvalue weighted by molar-refractivity contribution is 0.102. The summed E-state index contributed by atoms with van der Waals surface area (Å²) in [6.45, 7) is 7.80. The van der Waals surface area contributed by atoms with Gasteiger partial charge in [0, 0.05) is 39.8 Å². The number of carbonyl (C=O) groups excluding carboxylic acids is 1. The normalized spacial score (nSPS) is 11.2.